The van der Waals surface area contributed by atoms with E-state index in [1.165, 1.54) is 0 Å². The molecule has 2 aliphatic heterocycles. The minimum absolute atomic E-state index is 0.0253. The van der Waals surface area contributed by atoms with E-state index in [0.717, 1.165) is 50.4 Å². The van der Waals surface area contributed by atoms with Crippen LogP contribution in [0.4, 0.5) is 11.5 Å². The first-order chi connectivity index (χ1) is 18.5. The first-order valence-corrected chi connectivity index (χ1v) is 12.9. The topological polar surface area (TPSA) is 119 Å². The van der Waals surface area contributed by atoms with E-state index in [-0.39, 0.29) is 11.8 Å². The van der Waals surface area contributed by atoms with Gasteiger partial charge in [0.15, 0.2) is 5.82 Å². The van der Waals surface area contributed by atoms with Crippen molar-refractivity contribution in [2.24, 2.45) is 0 Å². The van der Waals surface area contributed by atoms with Crippen molar-refractivity contribution in [2.75, 3.05) is 49.7 Å². The fourth-order valence-corrected chi connectivity index (χ4v) is 4.63. The van der Waals surface area contributed by atoms with Crippen LogP contribution in [0.2, 0.25) is 0 Å². The fraction of sp³-hybridized carbons (Fsp3) is 0.345. The predicted molar refractivity (Wildman–Crippen MR) is 147 cm³/mol. The summed E-state index contributed by atoms with van der Waals surface area (Å²) in [6.45, 7) is 10.3. The van der Waals surface area contributed by atoms with Crippen LogP contribution < -0.4 is 15.0 Å². The molecule has 2 saturated heterocycles. The molecule has 196 valence electrons. The lowest BCUT2D eigenvalue weighted by Crippen LogP contribution is -2.36. The summed E-state index contributed by atoms with van der Waals surface area (Å²) < 4.78 is 16.9. The second-order valence-electron chi connectivity index (χ2n) is 9.49. The van der Waals surface area contributed by atoms with Gasteiger partial charge >= 0.3 is 0 Å². The zero-order chi connectivity index (χ0) is 26.5. The molecule has 38 heavy (non-hydrogen) atoms. The molecule has 3 aromatic rings. The largest absolute Gasteiger partial charge is 0.489 e. The number of imidazole rings is 1. The number of anilines is 2. The zero-order valence-electron chi connectivity index (χ0n) is 21.5. The molecule has 2 fully saturated rings. The summed E-state index contributed by atoms with van der Waals surface area (Å²) >= 11 is 0. The molecule has 0 bridgehead atoms. The van der Waals surface area contributed by atoms with E-state index in [2.05, 4.69) is 40.0 Å². The third-order valence-electron chi connectivity index (χ3n) is 6.65. The molecule has 2 aromatic carbocycles. The van der Waals surface area contributed by atoms with E-state index in [4.69, 9.17) is 24.6 Å². The van der Waals surface area contributed by atoms with E-state index in [0.29, 0.717) is 53.1 Å². The van der Waals surface area contributed by atoms with Gasteiger partial charge in [-0.2, -0.15) is 5.26 Å². The Bertz CT molecular complexity index is 1350. The van der Waals surface area contributed by atoms with E-state index in [1.54, 1.807) is 18.2 Å². The first kappa shape index (κ1) is 25.5. The number of aromatic nitrogens is 2. The molecule has 0 unspecified atom stereocenters. The van der Waals surface area contributed by atoms with E-state index in [1.807, 2.05) is 19.1 Å². The molecular formula is C29H32N6O3. The van der Waals surface area contributed by atoms with Crippen LogP contribution in [-0.2, 0) is 9.47 Å². The second kappa shape index (κ2) is 11.5. The van der Waals surface area contributed by atoms with Gasteiger partial charge in [-0.25, -0.2) is 4.98 Å². The summed E-state index contributed by atoms with van der Waals surface area (Å²) in [4.78, 5) is 10.4. The molecule has 3 N–H and O–H groups in total. The van der Waals surface area contributed by atoms with Gasteiger partial charge in [-0.1, -0.05) is 6.58 Å². The van der Waals surface area contributed by atoms with Gasteiger partial charge in [-0.3, -0.25) is 5.41 Å². The van der Waals surface area contributed by atoms with E-state index in [9.17, 15) is 5.26 Å². The maximum absolute atomic E-state index is 9.79. The predicted octanol–water partition coefficient (Wildman–Crippen LogP) is 4.70. The zero-order valence-corrected chi connectivity index (χ0v) is 21.5. The Hall–Kier alpha value is -4.13. The maximum Gasteiger partial charge on any atom is 0.158 e. The third-order valence-corrected chi connectivity index (χ3v) is 6.65. The second-order valence-corrected chi connectivity index (χ2v) is 9.49. The third kappa shape index (κ3) is 5.72. The van der Waals surface area contributed by atoms with Crippen LogP contribution in [0.3, 0.4) is 0 Å². The smallest absolute Gasteiger partial charge is 0.158 e. The highest BCUT2D eigenvalue weighted by Gasteiger charge is 2.21. The molecular weight excluding hydrogens is 480 g/mol. The van der Waals surface area contributed by atoms with Gasteiger partial charge in [0.1, 0.15) is 29.4 Å². The number of aromatic amines is 1. The number of H-pyrrole nitrogens is 1. The maximum atomic E-state index is 9.79. The van der Waals surface area contributed by atoms with Crippen LogP contribution in [0, 0.1) is 16.7 Å². The van der Waals surface area contributed by atoms with Crippen molar-refractivity contribution in [3.63, 3.8) is 0 Å². The monoisotopic (exact) mass is 512 g/mol. The molecule has 0 spiro atoms. The molecule has 2 aliphatic rings. The van der Waals surface area contributed by atoms with Crippen LogP contribution in [-0.4, -0.2) is 61.3 Å². The van der Waals surface area contributed by atoms with Crippen molar-refractivity contribution in [3.8, 4) is 23.2 Å². The average molecular weight is 513 g/mol. The normalized spacial score (nSPS) is 16.1. The van der Waals surface area contributed by atoms with Crippen molar-refractivity contribution >= 4 is 17.2 Å². The molecule has 1 aromatic heterocycles. The van der Waals surface area contributed by atoms with Gasteiger partial charge in [0.05, 0.1) is 37.7 Å². The number of hydrogen-bond acceptors (Lipinski definition) is 8. The van der Waals surface area contributed by atoms with Crippen LogP contribution in [0.15, 0.2) is 54.7 Å². The van der Waals surface area contributed by atoms with E-state index >= 15 is 0 Å². The van der Waals surface area contributed by atoms with Crippen LogP contribution >= 0.6 is 0 Å². The molecule has 0 saturated carbocycles. The molecule has 0 amide bonds. The lowest BCUT2D eigenvalue weighted by atomic mass is 10.0. The van der Waals surface area contributed by atoms with Crippen LogP contribution in [0.5, 0.6) is 5.75 Å². The minimum Gasteiger partial charge on any atom is -0.489 e. The Balaban J connectivity index is 1.40. The molecule has 5 rings (SSSR count). The molecule has 9 heteroatoms. The van der Waals surface area contributed by atoms with Gasteiger partial charge in [0.25, 0.3) is 0 Å². The first-order valence-electron chi connectivity index (χ1n) is 12.9. The SMILES string of the molecule is C=C(C)Nc1nc(-c2ccc(N3CCOCC3)cc2)[nH]c1C(=N)c1ccc(OC2CCOCC2)c(C#N)c1. The Morgan fingerprint density at radius 1 is 1.13 bits per heavy atom. The quantitative estimate of drug-likeness (QED) is 0.374. The van der Waals surface area contributed by atoms with Gasteiger partial charge in [0, 0.05) is 48.4 Å². The number of nitriles is 1. The highest BCUT2D eigenvalue weighted by molar-refractivity contribution is 6.13. The van der Waals surface area contributed by atoms with Crippen molar-refractivity contribution in [3.05, 3.63) is 71.6 Å². The molecule has 0 aliphatic carbocycles. The van der Waals surface area contributed by atoms with E-state index < -0.39 is 0 Å². The number of allylic oxidation sites excluding steroid dienone is 1. The summed E-state index contributed by atoms with van der Waals surface area (Å²) in [7, 11) is 0. The van der Waals surface area contributed by atoms with Crippen LogP contribution in [0.1, 0.15) is 36.6 Å². The van der Waals surface area contributed by atoms with Crippen LogP contribution in [0.25, 0.3) is 11.4 Å². The number of morpholine rings is 1. The lowest BCUT2D eigenvalue weighted by Gasteiger charge is -2.28. The number of nitrogens with zero attached hydrogens (tertiary/aromatic N) is 3. The van der Waals surface area contributed by atoms with Gasteiger partial charge < -0.3 is 29.4 Å². The van der Waals surface area contributed by atoms with Gasteiger partial charge in [-0.15, -0.1) is 0 Å². The number of rotatable bonds is 8. The summed E-state index contributed by atoms with van der Waals surface area (Å²) in [5.74, 6) is 1.68. The number of nitrogens with one attached hydrogen (secondary N) is 3. The number of ether oxygens (including phenoxy) is 3. The minimum atomic E-state index is 0.0253. The molecule has 0 radical (unpaired) electrons. The van der Waals surface area contributed by atoms with Gasteiger partial charge in [-0.05, 0) is 49.4 Å². The summed E-state index contributed by atoms with van der Waals surface area (Å²) in [5.41, 5.74) is 4.47. The lowest BCUT2D eigenvalue weighted by molar-refractivity contribution is 0.0254. The van der Waals surface area contributed by atoms with Crippen molar-refractivity contribution in [1.82, 2.24) is 9.97 Å². The standard InChI is InChI=1S/C29H32N6O3/c1-19(2)32-29-27(33-28(34-29)20-3-6-23(7-4-20)35-11-15-37-16-12-35)26(31)21-5-8-25(22(17-21)18-30)38-24-9-13-36-14-10-24/h3-8,17,24,31-32H,1,9-16H2,2H3,(H,33,34). The Morgan fingerprint density at radius 3 is 2.53 bits per heavy atom. The highest BCUT2D eigenvalue weighted by atomic mass is 16.5. The summed E-state index contributed by atoms with van der Waals surface area (Å²) in [6, 6.07) is 15.7. The Labute approximate surface area is 222 Å². The Kier molecular flexibility index (Phi) is 7.73. The van der Waals surface area contributed by atoms with Crippen molar-refractivity contribution in [2.45, 2.75) is 25.9 Å². The molecule has 3 heterocycles. The summed E-state index contributed by atoms with van der Waals surface area (Å²) in [6.07, 6.45) is 1.61. The fourth-order valence-electron chi connectivity index (χ4n) is 4.63. The summed E-state index contributed by atoms with van der Waals surface area (Å²) in [5, 5.41) is 21.9. The van der Waals surface area contributed by atoms with Gasteiger partial charge in [0.2, 0.25) is 0 Å². The Morgan fingerprint density at radius 2 is 1.84 bits per heavy atom. The molecule has 0 atom stereocenters. The van der Waals surface area contributed by atoms with Crippen molar-refractivity contribution in [1.29, 1.82) is 10.7 Å². The highest BCUT2D eigenvalue weighted by Crippen LogP contribution is 2.29. The average Bonchev–Trinajstić information content (AvgIpc) is 3.37. The number of hydrogen-bond donors (Lipinski definition) is 3. The number of benzene rings is 2. The van der Waals surface area contributed by atoms with Crippen molar-refractivity contribution < 1.29 is 14.2 Å². The molecule has 9 nitrogen and oxygen atoms in total.